The third-order valence-corrected chi connectivity index (χ3v) is 5.25. The lowest BCUT2D eigenvalue weighted by atomic mass is 9.51. The van der Waals surface area contributed by atoms with Crippen molar-refractivity contribution in [3.05, 3.63) is 0 Å². The highest BCUT2D eigenvalue weighted by Crippen LogP contribution is 2.59. The van der Waals surface area contributed by atoms with Crippen LogP contribution in [0.25, 0.3) is 0 Å². The van der Waals surface area contributed by atoms with Gasteiger partial charge in [0.1, 0.15) is 5.54 Å². The van der Waals surface area contributed by atoms with Crippen LogP contribution in [0.15, 0.2) is 0 Å². The van der Waals surface area contributed by atoms with Crippen LogP contribution >= 0.6 is 0 Å². The van der Waals surface area contributed by atoms with Crippen molar-refractivity contribution in [2.75, 3.05) is 13.2 Å². The Bertz CT molecular complexity index is 438. The zero-order valence-electron chi connectivity index (χ0n) is 10.8. The number of carbonyl (C=O) groups excluding carboxylic acids is 2. The number of carbonyl (C=O) groups is 2. The maximum absolute atomic E-state index is 11.8. The Morgan fingerprint density at radius 3 is 2.11 bits per heavy atom. The molecule has 0 atom stereocenters. The first-order chi connectivity index (χ1) is 9.06. The molecule has 4 rings (SSSR count). The molecule has 19 heavy (non-hydrogen) atoms. The summed E-state index contributed by atoms with van der Waals surface area (Å²) in [5.41, 5.74) is -0.436. The van der Waals surface area contributed by atoms with E-state index in [1.54, 1.807) is 0 Å². The Balaban J connectivity index is 1.43. The molecule has 2 saturated carbocycles. The molecule has 2 aliphatic carbocycles. The zero-order chi connectivity index (χ0) is 13.1. The second-order valence-electron chi connectivity index (χ2n) is 6.45. The summed E-state index contributed by atoms with van der Waals surface area (Å²) < 4.78 is 11.5. The molecule has 3 spiro atoms. The first kappa shape index (κ1) is 11.7. The van der Waals surface area contributed by atoms with Crippen molar-refractivity contribution >= 4 is 11.9 Å². The molecule has 0 aromatic heterocycles. The minimum absolute atomic E-state index is 0.156. The SMILES string of the molecule is O=C1NC(=O)C2(CC3(CCC4(CC3)OCCO4)C2)N1. The highest BCUT2D eigenvalue weighted by molar-refractivity contribution is 6.07. The monoisotopic (exact) mass is 266 g/mol. The number of hydrogen-bond donors (Lipinski definition) is 2. The minimum atomic E-state index is -0.626. The normalized spacial score (nSPS) is 33.5. The van der Waals surface area contributed by atoms with Crippen LogP contribution < -0.4 is 10.6 Å². The molecule has 2 N–H and O–H groups in total. The molecular formula is C13H18N2O4. The van der Waals surface area contributed by atoms with E-state index in [1.807, 2.05) is 0 Å². The molecular weight excluding hydrogens is 248 g/mol. The van der Waals surface area contributed by atoms with E-state index in [2.05, 4.69) is 10.6 Å². The van der Waals surface area contributed by atoms with E-state index in [-0.39, 0.29) is 23.1 Å². The summed E-state index contributed by atoms with van der Waals surface area (Å²) >= 11 is 0. The topological polar surface area (TPSA) is 76.7 Å². The third-order valence-electron chi connectivity index (χ3n) is 5.25. The summed E-state index contributed by atoms with van der Waals surface area (Å²) in [5, 5.41) is 5.13. The molecule has 0 unspecified atom stereocenters. The number of amides is 3. The van der Waals surface area contributed by atoms with Crippen LogP contribution in [0.3, 0.4) is 0 Å². The van der Waals surface area contributed by atoms with Gasteiger partial charge >= 0.3 is 6.03 Å². The van der Waals surface area contributed by atoms with E-state index in [0.717, 1.165) is 38.5 Å². The van der Waals surface area contributed by atoms with Crippen LogP contribution in [0.4, 0.5) is 4.79 Å². The van der Waals surface area contributed by atoms with Gasteiger partial charge in [0.15, 0.2) is 5.79 Å². The number of hydrogen-bond acceptors (Lipinski definition) is 4. The smallest absolute Gasteiger partial charge is 0.322 e. The summed E-state index contributed by atoms with van der Waals surface area (Å²) in [6.07, 6.45) is 5.34. The van der Waals surface area contributed by atoms with Gasteiger partial charge in [-0.2, -0.15) is 0 Å². The highest BCUT2D eigenvalue weighted by Gasteiger charge is 2.64. The summed E-state index contributed by atoms with van der Waals surface area (Å²) in [7, 11) is 0. The van der Waals surface area contributed by atoms with Gasteiger partial charge in [0.25, 0.3) is 5.91 Å². The van der Waals surface area contributed by atoms with Crippen molar-refractivity contribution in [1.82, 2.24) is 10.6 Å². The van der Waals surface area contributed by atoms with E-state index in [9.17, 15) is 9.59 Å². The quantitative estimate of drug-likeness (QED) is 0.632. The molecule has 0 radical (unpaired) electrons. The van der Waals surface area contributed by atoms with Gasteiger partial charge < -0.3 is 14.8 Å². The second-order valence-corrected chi connectivity index (χ2v) is 6.45. The van der Waals surface area contributed by atoms with Gasteiger partial charge in [-0.3, -0.25) is 10.1 Å². The average Bonchev–Trinajstić information content (AvgIpc) is 2.89. The summed E-state index contributed by atoms with van der Waals surface area (Å²) in [5.74, 6) is -0.508. The number of imide groups is 1. The fraction of sp³-hybridized carbons (Fsp3) is 0.846. The number of urea groups is 1. The number of nitrogens with one attached hydrogen (secondary N) is 2. The molecule has 0 aromatic rings. The molecule has 104 valence electrons. The summed E-state index contributed by atoms with van der Waals surface area (Å²) in [4.78, 5) is 23.1. The molecule has 4 aliphatic rings. The minimum Gasteiger partial charge on any atom is -0.348 e. The zero-order valence-corrected chi connectivity index (χ0v) is 10.8. The third kappa shape index (κ3) is 1.56. The van der Waals surface area contributed by atoms with Crippen LogP contribution in [-0.4, -0.2) is 36.5 Å². The number of ether oxygens (including phenoxy) is 2. The predicted octanol–water partition coefficient (Wildman–Crippen LogP) is 0.662. The van der Waals surface area contributed by atoms with Gasteiger partial charge in [-0.1, -0.05) is 0 Å². The Hall–Kier alpha value is -1.14. The van der Waals surface area contributed by atoms with Crippen LogP contribution in [0.1, 0.15) is 38.5 Å². The molecule has 2 aliphatic heterocycles. The predicted molar refractivity (Wildman–Crippen MR) is 64.2 cm³/mol. The van der Waals surface area contributed by atoms with Crippen molar-refractivity contribution in [1.29, 1.82) is 0 Å². The van der Waals surface area contributed by atoms with Crippen LogP contribution in [0, 0.1) is 5.41 Å². The Labute approximate surface area is 111 Å². The first-order valence-corrected chi connectivity index (χ1v) is 6.97. The Kier molecular flexibility index (Phi) is 2.14. The van der Waals surface area contributed by atoms with Crippen molar-refractivity contribution in [2.24, 2.45) is 5.41 Å². The number of rotatable bonds is 0. The van der Waals surface area contributed by atoms with E-state index in [0.29, 0.717) is 13.2 Å². The average molecular weight is 266 g/mol. The van der Waals surface area contributed by atoms with Gasteiger partial charge in [-0.05, 0) is 31.1 Å². The first-order valence-electron chi connectivity index (χ1n) is 6.97. The lowest BCUT2D eigenvalue weighted by Gasteiger charge is -2.56. The molecule has 2 saturated heterocycles. The molecule has 3 amide bonds. The van der Waals surface area contributed by atoms with E-state index >= 15 is 0 Å². The lowest BCUT2D eigenvalue weighted by Crippen LogP contribution is -2.63. The van der Waals surface area contributed by atoms with Gasteiger partial charge in [0.2, 0.25) is 0 Å². The van der Waals surface area contributed by atoms with Crippen LogP contribution in [0.2, 0.25) is 0 Å². The van der Waals surface area contributed by atoms with E-state index < -0.39 is 5.54 Å². The molecule has 0 aromatic carbocycles. The van der Waals surface area contributed by atoms with Gasteiger partial charge in [-0.25, -0.2) is 4.79 Å². The standard InChI is InChI=1S/C13H18N2O4/c16-9-12(15-10(17)14-9)7-11(8-12)1-3-13(4-2-11)18-5-6-19-13/h1-8H2,(H2,14,15,16,17). The molecule has 4 fully saturated rings. The largest absolute Gasteiger partial charge is 0.348 e. The maximum Gasteiger partial charge on any atom is 0.322 e. The molecule has 6 heteroatoms. The van der Waals surface area contributed by atoms with Crippen molar-refractivity contribution in [3.8, 4) is 0 Å². The molecule has 0 bridgehead atoms. The fourth-order valence-electron chi connectivity index (χ4n) is 4.31. The van der Waals surface area contributed by atoms with Crippen molar-refractivity contribution < 1.29 is 19.1 Å². The van der Waals surface area contributed by atoms with Gasteiger partial charge in [-0.15, -0.1) is 0 Å². The van der Waals surface area contributed by atoms with E-state index in [1.165, 1.54) is 0 Å². The summed E-state index contributed by atoms with van der Waals surface area (Å²) in [6, 6.07) is -0.352. The fourth-order valence-corrected chi connectivity index (χ4v) is 4.31. The van der Waals surface area contributed by atoms with Crippen LogP contribution in [-0.2, 0) is 14.3 Å². The molecule has 2 heterocycles. The van der Waals surface area contributed by atoms with Gasteiger partial charge in [0.05, 0.1) is 13.2 Å². The van der Waals surface area contributed by atoms with Crippen LogP contribution in [0.5, 0.6) is 0 Å². The van der Waals surface area contributed by atoms with Crippen molar-refractivity contribution in [3.63, 3.8) is 0 Å². The molecule has 6 nitrogen and oxygen atoms in total. The maximum atomic E-state index is 11.8. The Morgan fingerprint density at radius 2 is 1.58 bits per heavy atom. The highest BCUT2D eigenvalue weighted by atomic mass is 16.7. The van der Waals surface area contributed by atoms with Crippen molar-refractivity contribution in [2.45, 2.75) is 49.9 Å². The van der Waals surface area contributed by atoms with Gasteiger partial charge in [0, 0.05) is 12.8 Å². The second kappa shape index (κ2) is 3.49. The Morgan fingerprint density at radius 1 is 0.947 bits per heavy atom. The summed E-state index contributed by atoms with van der Waals surface area (Å²) in [6.45, 7) is 1.38. The lowest BCUT2D eigenvalue weighted by molar-refractivity contribution is -0.205. The van der Waals surface area contributed by atoms with E-state index in [4.69, 9.17) is 9.47 Å².